The molecular formula is C23H28N6O3. The van der Waals surface area contributed by atoms with Gasteiger partial charge in [-0.05, 0) is 25.3 Å². The van der Waals surface area contributed by atoms with Gasteiger partial charge in [0.25, 0.3) is 11.8 Å². The van der Waals surface area contributed by atoms with Crippen LogP contribution in [0.2, 0.25) is 0 Å². The van der Waals surface area contributed by atoms with E-state index in [0.717, 1.165) is 24.9 Å². The van der Waals surface area contributed by atoms with Crippen LogP contribution in [0, 0.1) is 0 Å². The van der Waals surface area contributed by atoms with Crippen LogP contribution in [-0.4, -0.2) is 56.5 Å². The fraction of sp³-hybridized carbons (Fsp3) is 0.391. The van der Waals surface area contributed by atoms with E-state index in [1.54, 1.807) is 29.3 Å². The number of benzene rings is 1. The minimum absolute atomic E-state index is 0.00272. The van der Waals surface area contributed by atoms with Crippen molar-refractivity contribution in [1.82, 2.24) is 24.5 Å². The minimum Gasteiger partial charge on any atom is -0.367 e. The predicted octanol–water partition coefficient (Wildman–Crippen LogP) is 2.90. The summed E-state index contributed by atoms with van der Waals surface area (Å²) in [4.78, 5) is 27.5. The Morgan fingerprint density at radius 3 is 2.56 bits per heavy atom. The number of nitrogens with zero attached hydrogens (tertiary/aromatic N) is 5. The molecule has 1 aromatic carbocycles. The number of anilines is 1. The third kappa shape index (κ3) is 4.57. The van der Waals surface area contributed by atoms with E-state index in [-0.39, 0.29) is 17.9 Å². The average molecular weight is 437 g/mol. The molecule has 3 heterocycles. The second-order valence-electron chi connectivity index (χ2n) is 7.78. The molecule has 32 heavy (non-hydrogen) atoms. The second kappa shape index (κ2) is 9.78. The first kappa shape index (κ1) is 21.8. The van der Waals surface area contributed by atoms with Crippen LogP contribution in [0.4, 0.5) is 5.82 Å². The number of piperidine rings is 1. The lowest BCUT2D eigenvalue weighted by atomic mass is 10.0. The van der Waals surface area contributed by atoms with Crippen LogP contribution in [0.15, 0.2) is 55.0 Å². The molecule has 4 rings (SSSR count). The molecule has 9 heteroatoms. The van der Waals surface area contributed by atoms with Gasteiger partial charge < -0.3 is 15.0 Å². The molecule has 168 valence electrons. The highest BCUT2D eigenvalue weighted by Crippen LogP contribution is 2.27. The quantitative estimate of drug-likeness (QED) is 0.615. The standard InChI is InChI=1S/C23H28N6O3/c1-3-28-16-18(15-25-28)23(31)27-13-10-19(11-14-27)29-20(9-12-24-29)26-22(30)21(32-2)17-7-5-4-6-8-17/h4-9,12,15-16,19,21H,3,10-11,13-14H2,1-2H3,(H,26,30)/t21-/m1/s1. The zero-order valence-electron chi connectivity index (χ0n) is 18.3. The van der Waals surface area contributed by atoms with Crippen LogP contribution in [0.1, 0.15) is 47.8 Å². The van der Waals surface area contributed by atoms with Gasteiger partial charge in [-0.3, -0.25) is 14.3 Å². The van der Waals surface area contributed by atoms with Crippen molar-refractivity contribution in [3.05, 3.63) is 66.1 Å². The van der Waals surface area contributed by atoms with Gasteiger partial charge in [-0.25, -0.2) is 4.68 Å². The highest BCUT2D eigenvalue weighted by molar-refractivity contribution is 5.94. The molecule has 1 N–H and O–H groups in total. The topological polar surface area (TPSA) is 94.3 Å². The molecule has 3 aromatic rings. The molecule has 0 bridgehead atoms. The van der Waals surface area contributed by atoms with Crippen molar-refractivity contribution >= 4 is 17.6 Å². The van der Waals surface area contributed by atoms with Crippen LogP contribution in [0.25, 0.3) is 0 Å². The molecule has 0 unspecified atom stereocenters. The lowest BCUT2D eigenvalue weighted by Crippen LogP contribution is -2.39. The van der Waals surface area contributed by atoms with E-state index in [4.69, 9.17) is 4.74 Å². The second-order valence-corrected chi connectivity index (χ2v) is 7.78. The van der Waals surface area contributed by atoms with E-state index in [9.17, 15) is 9.59 Å². The number of amides is 2. The van der Waals surface area contributed by atoms with Crippen molar-refractivity contribution in [2.24, 2.45) is 0 Å². The molecule has 1 saturated heterocycles. The molecule has 2 amide bonds. The number of methoxy groups -OCH3 is 1. The maximum Gasteiger partial charge on any atom is 0.259 e. The van der Waals surface area contributed by atoms with Crippen LogP contribution in [0.5, 0.6) is 0 Å². The van der Waals surface area contributed by atoms with Crippen molar-refractivity contribution < 1.29 is 14.3 Å². The monoisotopic (exact) mass is 436 g/mol. The minimum atomic E-state index is -0.706. The lowest BCUT2D eigenvalue weighted by Gasteiger charge is -2.32. The Kier molecular flexibility index (Phi) is 6.65. The molecule has 1 atom stereocenters. The number of carbonyl (C=O) groups is 2. The van der Waals surface area contributed by atoms with E-state index in [2.05, 4.69) is 15.5 Å². The molecule has 0 aliphatic carbocycles. The van der Waals surface area contributed by atoms with Crippen LogP contribution < -0.4 is 5.32 Å². The van der Waals surface area contributed by atoms with E-state index >= 15 is 0 Å². The highest BCUT2D eigenvalue weighted by atomic mass is 16.5. The molecule has 0 radical (unpaired) electrons. The summed E-state index contributed by atoms with van der Waals surface area (Å²) >= 11 is 0. The van der Waals surface area contributed by atoms with Gasteiger partial charge in [0.15, 0.2) is 6.10 Å². The molecule has 0 saturated carbocycles. The number of hydrogen-bond acceptors (Lipinski definition) is 5. The van der Waals surface area contributed by atoms with Crippen molar-refractivity contribution in [3.63, 3.8) is 0 Å². The maximum absolute atomic E-state index is 12.9. The molecule has 1 aliphatic rings. The zero-order chi connectivity index (χ0) is 22.5. The molecule has 9 nitrogen and oxygen atoms in total. The van der Waals surface area contributed by atoms with E-state index in [0.29, 0.717) is 24.5 Å². The third-order valence-electron chi connectivity index (χ3n) is 5.80. The molecule has 2 aromatic heterocycles. The Labute approximate surface area is 187 Å². The number of rotatable bonds is 7. The lowest BCUT2D eigenvalue weighted by molar-refractivity contribution is -0.126. The fourth-order valence-electron chi connectivity index (χ4n) is 4.06. The summed E-state index contributed by atoms with van der Waals surface area (Å²) in [5.41, 5.74) is 1.40. The van der Waals surface area contributed by atoms with Crippen LogP contribution in [-0.2, 0) is 16.1 Å². The Morgan fingerprint density at radius 2 is 1.91 bits per heavy atom. The first-order valence-electron chi connectivity index (χ1n) is 10.8. The molecule has 0 spiro atoms. The zero-order valence-corrected chi connectivity index (χ0v) is 18.3. The van der Waals surface area contributed by atoms with Gasteiger partial charge in [0, 0.05) is 39.0 Å². The van der Waals surface area contributed by atoms with Crippen LogP contribution >= 0.6 is 0 Å². The summed E-state index contributed by atoms with van der Waals surface area (Å²) in [6.45, 7) is 3.97. The van der Waals surface area contributed by atoms with Crippen molar-refractivity contribution in [2.75, 3.05) is 25.5 Å². The number of likely N-dealkylation sites (tertiary alicyclic amines) is 1. The Bertz CT molecular complexity index is 1050. The fourth-order valence-corrected chi connectivity index (χ4v) is 4.06. The summed E-state index contributed by atoms with van der Waals surface area (Å²) < 4.78 is 9.02. The highest BCUT2D eigenvalue weighted by Gasteiger charge is 2.28. The molecule has 1 fully saturated rings. The normalized spacial score (nSPS) is 15.5. The van der Waals surface area contributed by atoms with E-state index in [1.165, 1.54) is 7.11 Å². The Morgan fingerprint density at radius 1 is 1.16 bits per heavy atom. The van der Waals surface area contributed by atoms with Crippen molar-refractivity contribution in [2.45, 2.75) is 38.5 Å². The maximum atomic E-state index is 12.9. The molecular weight excluding hydrogens is 408 g/mol. The van der Waals surface area contributed by atoms with Crippen LogP contribution in [0.3, 0.4) is 0 Å². The van der Waals surface area contributed by atoms with E-state index in [1.807, 2.05) is 46.8 Å². The summed E-state index contributed by atoms with van der Waals surface area (Å²) in [6.07, 6.45) is 5.89. The molecule has 1 aliphatic heterocycles. The van der Waals surface area contributed by atoms with Gasteiger partial charge in [-0.1, -0.05) is 30.3 Å². The van der Waals surface area contributed by atoms with Gasteiger partial charge in [-0.2, -0.15) is 10.2 Å². The predicted molar refractivity (Wildman–Crippen MR) is 119 cm³/mol. The Hall–Kier alpha value is -3.46. The largest absolute Gasteiger partial charge is 0.367 e. The van der Waals surface area contributed by atoms with Gasteiger partial charge in [0.05, 0.1) is 24.0 Å². The number of carbonyl (C=O) groups excluding carboxylic acids is 2. The summed E-state index contributed by atoms with van der Waals surface area (Å²) in [7, 11) is 1.52. The summed E-state index contributed by atoms with van der Waals surface area (Å²) in [5, 5.41) is 11.6. The smallest absolute Gasteiger partial charge is 0.259 e. The summed E-state index contributed by atoms with van der Waals surface area (Å²) in [5.74, 6) is 0.380. The Balaban J connectivity index is 1.39. The van der Waals surface area contributed by atoms with E-state index < -0.39 is 6.10 Å². The van der Waals surface area contributed by atoms with Crippen molar-refractivity contribution in [3.8, 4) is 0 Å². The number of hydrogen-bond donors (Lipinski definition) is 1. The SMILES string of the molecule is CCn1cc(C(=O)N2CCC(n3nccc3NC(=O)[C@H](OC)c3ccccc3)CC2)cn1. The van der Waals surface area contributed by atoms with Gasteiger partial charge >= 0.3 is 0 Å². The number of ether oxygens (including phenoxy) is 1. The summed E-state index contributed by atoms with van der Waals surface area (Å²) in [6, 6.07) is 11.3. The first-order chi connectivity index (χ1) is 15.6. The van der Waals surface area contributed by atoms with Crippen molar-refractivity contribution in [1.29, 1.82) is 0 Å². The van der Waals surface area contributed by atoms with Gasteiger partial charge in [-0.15, -0.1) is 0 Å². The number of aromatic nitrogens is 4. The number of aryl methyl sites for hydroxylation is 1. The van der Waals surface area contributed by atoms with Gasteiger partial charge in [0.2, 0.25) is 0 Å². The first-order valence-corrected chi connectivity index (χ1v) is 10.8. The number of nitrogens with one attached hydrogen (secondary N) is 1. The average Bonchev–Trinajstić information content (AvgIpc) is 3.50. The van der Waals surface area contributed by atoms with Gasteiger partial charge in [0.1, 0.15) is 5.82 Å². The third-order valence-corrected chi connectivity index (χ3v) is 5.80.